The van der Waals surface area contributed by atoms with E-state index < -0.39 is 10.7 Å². The molecule has 17 heavy (non-hydrogen) atoms. The molecule has 0 fully saturated rings. The van der Waals surface area contributed by atoms with Crippen LogP contribution in [0.3, 0.4) is 0 Å². The summed E-state index contributed by atoms with van der Waals surface area (Å²) in [5, 5.41) is 13.4. The van der Waals surface area contributed by atoms with Gasteiger partial charge in [0.1, 0.15) is 5.82 Å². The number of nitrogens with zero attached hydrogens (tertiary/aromatic N) is 1. The van der Waals surface area contributed by atoms with Gasteiger partial charge in [0.15, 0.2) is 0 Å². The third kappa shape index (κ3) is 4.78. The molecule has 1 aromatic carbocycles. The first kappa shape index (κ1) is 13.4. The number of nitro groups is 1. The van der Waals surface area contributed by atoms with Crippen LogP contribution in [0.4, 0.5) is 15.8 Å². The number of hydrogen-bond donors (Lipinski definition) is 1. The van der Waals surface area contributed by atoms with E-state index in [0.717, 1.165) is 6.07 Å². The lowest BCUT2D eigenvalue weighted by molar-refractivity contribution is -0.385. The summed E-state index contributed by atoms with van der Waals surface area (Å²) in [6, 6.07) is 3.39. The van der Waals surface area contributed by atoms with E-state index in [-0.39, 0.29) is 11.8 Å². The lowest BCUT2D eigenvalue weighted by Gasteiger charge is -2.09. The van der Waals surface area contributed by atoms with Gasteiger partial charge < -0.3 is 10.1 Å². The highest BCUT2D eigenvalue weighted by atomic mass is 19.1. The van der Waals surface area contributed by atoms with Crippen molar-refractivity contribution in [3.05, 3.63) is 34.1 Å². The fourth-order valence-electron chi connectivity index (χ4n) is 1.27. The van der Waals surface area contributed by atoms with Gasteiger partial charge in [-0.1, -0.05) is 0 Å². The van der Waals surface area contributed by atoms with E-state index in [4.69, 9.17) is 4.74 Å². The maximum Gasteiger partial charge on any atom is 0.274 e. The quantitative estimate of drug-likeness (QED) is 0.473. The zero-order valence-corrected chi connectivity index (χ0v) is 9.77. The first-order valence-corrected chi connectivity index (χ1v) is 5.29. The Morgan fingerprint density at radius 2 is 2.18 bits per heavy atom. The van der Waals surface area contributed by atoms with E-state index in [2.05, 4.69) is 5.32 Å². The zero-order valence-electron chi connectivity index (χ0n) is 9.77. The van der Waals surface area contributed by atoms with Crippen LogP contribution in [0.15, 0.2) is 18.2 Å². The van der Waals surface area contributed by atoms with Crippen LogP contribution in [0.1, 0.15) is 13.8 Å². The Morgan fingerprint density at radius 1 is 1.47 bits per heavy atom. The average molecular weight is 242 g/mol. The molecule has 0 aliphatic heterocycles. The Labute approximate surface area is 98.7 Å². The van der Waals surface area contributed by atoms with Gasteiger partial charge >= 0.3 is 0 Å². The number of hydrogen-bond acceptors (Lipinski definition) is 4. The molecule has 0 bridgehead atoms. The van der Waals surface area contributed by atoms with Gasteiger partial charge in [-0.3, -0.25) is 10.1 Å². The lowest BCUT2D eigenvalue weighted by Crippen LogP contribution is -2.13. The van der Waals surface area contributed by atoms with E-state index in [9.17, 15) is 14.5 Å². The predicted molar refractivity (Wildman–Crippen MR) is 62.6 cm³/mol. The summed E-state index contributed by atoms with van der Waals surface area (Å²) in [6.45, 7) is 4.75. The molecular weight excluding hydrogens is 227 g/mol. The second kappa shape index (κ2) is 6.15. The monoisotopic (exact) mass is 242 g/mol. The summed E-state index contributed by atoms with van der Waals surface area (Å²) < 4.78 is 18.3. The van der Waals surface area contributed by atoms with Crippen molar-refractivity contribution in [3.63, 3.8) is 0 Å². The van der Waals surface area contributed by atoms with Gasteiger partial charge in [0.25, 0.3) is 5.69 Å². The molecule has 6 heteroatoms. The fourth-order valence-corrected chi connectivity index (χ4v) is 1.27. The lowest BCUT2D eigenvalue weighted by atomic mass is 10.2. The first-order chi connectivity index (χ1) is 7.99. The summed E-state index contributed by atoms with van der Waals surface area (Å²) in [5.74, 6) is -0.633. The maximum atomic E-state index is 13.0. The molecule has 94 valence electrons. The molecule has 5 nitrogen and oxygen atoms in total. The van der Waals surface area contributed by atoms with Crippen LogP contribution in [0.2, 0.25) is 0 Å². The Bertz CT molecular complexity index is 396. The van der Waals surface area contributed by atoms with Crippen molar-refractivity contribution in [2.45, 2.75) is 20.0 Å². The standard InChI is InChI=1S/C11H15FN2O3/c1-8(2)17-4-3-13-10-5-9(12)6-11(7-10)14(15)16/h5-8,13H,3-4H2,1-2H3. The predicted octanol–water partition coefficient (Wildman–Crippen LogP) is 2.57. The van der Waals surface area contributed by atoms with Gasteiger partial charge in [-0.05, 0) is 19.9 Å². The molecule has 0 aliphatic rings. The summed E-state index contributed by atoms with van der Waals surface area (Å²) in [7, 11) is 0. The largest absolute Gasteiger partial charge is 0.382 e. The summed E-state index contributed by atoms with van der Waals surface area (Å²) in [4.78, 5) is 9.88. The third-order valence-corrected chi connectivity index (χ3v) is 1.98. The van der Waals surface area contributed by atoms with Crippen LogP contribution in [-0.4, -0.2) is 24.2 Å². The van der Waals surface area contributed by atoms with Crippen molar-refractivity contribution in [1.82, 2.24) is 0 Å². The van der Waals surface area contributed by atoms with Crippen molar-refractivity contribution in [1.29, 1.82) is 0 Å². The van der Waals surface area contributed by atoms with Crippen LogP contribution in [0.25, 0.3) is 0 Å². The highest BCUT2D eigenvalue weighted by Crippen LogP contribution is 2.19. The Kier molecular flexibility index (Phi) is 4.84. The van der Waals surface area contributed by atoms with Gasteiger partial charge in [-0.15, -0.1) is 0 Å². The normalized spacial score (nSPS) is 10.6. The van der Waals surface area contributed by atoms with Gasteiger partial charge in [0.2, 0.25) is 0 Å². The molecule has 0 aromatic heterocycles. The first-order valence-electron chi connectivity index (χ1n) is 5.29. The van der Waals surface area contributed by atoms with Crippen LogP contribution in [0, 0.1) is 15.9 Å². The number of nitro benzene ring substituents is 1. The second-order valence-corrected chi connectivity index (χ2v) is 3.80. The van der Waals surface area contributed by atoms with Crippen LogP contribution in [-0.2, 0) is 4.74 Å². The molecule has 1 rings (SSSR count). The SMILES string of the molecule is CC(C)OCCNc1cc(F)cc([N+](=O)[O-])c1. The Balaban J connectivity index is 2.56. The summed E-state index contributed by atoms with van der Waals surface area (Å²) in [6.07, 6.45) is 0.124. The van der Waals surface area contributed by atoms with E-state index in [1.165, 1.54) is 12.1 Å². The van der Waals surface area contributed by atoms with E-state index >= 15 is 0 Å². The topological polar surface area (TPSA) is 64.4 Å². The molecule has 1 aromatic rings. The highest BCUT2D eigenvalue weighted by molar-refractivity contribution is 5.51. The van der Waals surface area contributed by atoms with Crippen molar-refractivity contribution in [2.75, 3.05) is 18.5 Å². The molecule has 0 radical (unpaired) electrons. The molecule has 0 amide bonds. The van der Waals surface area contributed by atoms with Gasteiger partial charge in [0.05, 0.1) is 23.7 Å². The second-order valence-electron chi connectivity index (χ2n) is 3.80. The van der Waals surface area contributed by atoms with Crippen LogP contribution >= 0.6 is 0 Å². The average Bonchev–Trinajstić information content (AvgIpc) is 2.23. The maximum absolute atomic E-state index is 13.0. The number of halogens is 1. The van der Waals surface area contributed by atoms with Gasteiger partial charge in [-0.2, -0.15) is 0 Å². The smallest absolute Gasteiger partial charge is 0.274 e. The fraction of sp³-hybridized carbons (Fsp3) is 0.455. The number of benzene rings is 1. The van der Waals surface area contributed by atoms with Crippen LogP contribution < -0.4 is 5.32 Å². The minimum Gasteiger partial charge on any atom is -0.382 e. The van der Waals surface area contributed by atoms with E-state index in [1.54, 1.807) is 0 Å². The Morgan fingerprint density at radius 3 is 2.76 bits per heavy atom. The van der Waals surface area contributed by atoms with Crippen LogP contribution in [0.5, 0.6) is 0 Å². The Hall–Kier alpha value is -1.69. The minimum absolute atomic E-state index is 0.124. The molecule has 1 N–H and O–H groups in total. The molecular formula is C11H15FN2O3. The molecule has 0 heterocycles. The van der Waals surface area contributed by atoms with Crippen molar-refractivity contribution < 1.29 is 14.1 Å². The van der Waals surface area contributed by atoms with E-state index in [1.807, 2.05) is 13.8 Å². The van der Waals surface area contributed by atoms with Crippen molar-refractivity contribution in [2.24, 2.45) is 0 Å². The molecule has 0 aliphatic carbocycles. The third-order valence-electron chi connectivity index (χ3n) is 1.98. The molecule has 0 atom stereocenters. The molecule has 0 saturated heterocycles. The molecule has 0 saturated carbocycles. The number of rotatable bonds is 6. The number of anilines is 1. The van der Waals surface area contributed by atoms with E-state index in [0.29, 0.717) is 18.8 Å². The molecule has 0 unspecified atom stereocenters. The van der Waals surface area contributed by atoms with Gasteiger partial charge in [-0.25, -0.2) is 4.39 Å². The summed E-state index contributed by atoms with van der Waals surface area (Å²) in [5.41, 5.74) is 0.112. The number of nitrogens with one attached hydrogen (secondary N) is 1. The van der Waals surface area contributed by atoms with Crippen molar-refractivity contribution in [3.8, 4) is 0 Å². The van der Waals surface area contributed by atoms with Crippen molar-refractivity contribution >= 4 is 11.4 Å². The van der Waals surface area contributed by atoms with Gasteiger partial charge in [0, 0.05) is 18.3 Å². The number of ether oxygens (including phenoxy) is 1. The summed E-state index contributed by atoms with van der Waals surface area (Å²) >= 11 is 0. The number of non-ortho nitro benzene ring substituents is 1. The minimum atomic E-state index is -0.633. The highest BCUT2D eigenvalue weighted by Gasteiger charge is 2.09. The zero-order chi connectivity index (χ0) is 12.8. The molecule has 0 spiro atoms.